The second-order valence-electron chi connectivity index (χ2n) is 4.39. The lowest BCUT2D eigenvalue weighted by Crippen LogP contribution is -2.36. The summed E-state index contributed by atoms with van der Waals surface area (Å²) in [5.74, 6) is 0.919. The van der Waals surface area contributed by atoms with Crippen LogP contribution in [0, 0.1) is 0 Å². The van der Waals surface area contributed by atoms with E-state index in [1.807, 2.05) is 19.1 Å². The zero-order valence-corrected chi connectivity index (χ0v) is 11.2. The number of nitrogens with one attached hydrogen (secondary N) is 2. The summed E-state index contributed by atoms with van der Waals surface area (Å²) in [5, 5.41) is 5.51. The number of aromatic nitrogens is 1. The summed E-state index contributed by atoms with van der Waals surface area (Å²) in [6.45, 7) is 5.87. The molecule has 0 saturated carbocycles. The van der Waals surface area contributed by atoms with E-state index in [1.54, 1.807) is 6.20 Å². The van der Waals surface area contributed by atoms with Gasteiger partial charge in [-0.25, -0.2) is 9.78 Å². The lowest BCUT2D eigenvalue weighted by molar-refractivity contribution is 0.122. The second-order valence-corrected chi connectivity index (χ2v) is 4.39. The van der Waals surface area contributed by atoms with E-state index < -0.39 is 0 Å². The minimum Gasteiger partial charge on any atom is -0.378 e. The third-order valence-electron chi connectivity index (χ3n) is 2.88. The summed E-state index contributed by atoms with van der Waals surface area (Å²) in [6.07, 6.45) is 2.60. The Balaban J connectivity index is 1.88. The number of anilines is 2. The number of pyridine rings is 1. The number of nitrogens with zero attached hydrogens (tertiary/aromatic N) is 2. The molecule has 0 unspecified atom stereocenters. The van der Waals surface area contributed by atoms with Gasteiger partial charge in [-0.15, -0.1) is 0 Å². The summed E-state index contributed by atoms with van der Waals surface area (Å²) in [4.78, 5) is 18.0. The maximum atomic E-state index is 11.5. The first-order chi connectivity index (χ1) is 9.29. The van der Waals surface area contributed by atoms with Gasteiger partial charge in [0.05, 0.1) is 25.1 Å². The van der Waals surface area contributed by atoms with Gasteiger partial charge in [-0.3, -0.25) is 0 Å². The predicted molar refractivity (Wildman–Crippen MR) is 74.6 cm³/mol. The number of ether oxygens (including phenoxy) is 1. The van der Waals surface area contributed by atoms with Crippen LogP contribution in [-0.4, -0.2) is 43.9 Å². The van der Waals surface area contributed by atoms with Gasteiger partial charge in [0.2, 0.25) is 0 Å². The number of morpholine rings is 1. The highest BCUT2D eigenvalue weighted by molar-refractivity contribution is 5.89. The van der Waals surface area contributed by atoms with Gasteiger partial charge in [0.25, 0.3) is 0 Å². The summed E-state index contributed by atoms with van der Waals surface area (Å²) in [6, 6.07) is 3.59. The molecule has 0 aliphatic carbocycles. The number of hydrogen-bond acceptors (Lipinski definition) is 4. The molecule has 1 aromatic heterocycles. The number of rotatable bonds is 4. The van der Waals surface area contributed by atoms with Gasteiger partial charge in [-0.2, -0.15) is 0 Å². The lowest BCUT2D eigenvalue weighted by atomic mass is 10.3. The largest absolute Gasteiger partial charge is 0.378 e. The highest BCUT2D eigenvalue weighted by Gasteiger charge is 2.12. The molecule has 0 atom stereocenters. The molecule has 2 N–H and O–H groups in total. The summed E-state index contributed by atoms with van der Waals surface area (Å²) >= 11 is 0. The molecule has 2 heterocycles. The Kier molecular flexibility index (Phi) is 4.97. The average Bonchev–Trinajstić information content (AvgIpc) is 2.47. The Hall–Kier alpha value is -1.82. The Bertz CT molecular complexity index is 402. The number of amides is 2. The van der Waals surface area contributed by atoms with Crippen LogP contribution in [0.2, 0.25) is 0 Å². The van der Waals surface area contributed by atoms with Crippen molar-refractivity contribution < 1.29 is 9.53 Å². The van der Waals surface area contributed by atoms with Gasteiger partial charge in [-0.1, -0.05) is 6.92 Å². The van der Waals surface area contributed by atoms with E-state index >= 15 is 0 Å². The monoisotopic (exact) mass is 264 g/mol. The van der Waals surface area contributed by atoms with Crippen LogP contribution in [0.3, 0.4) is 0 Å². The van der Waals surface area contributed by atoms with Gasteiger partial charge < -0.3 is 20.3 Å². The predicted octanol–water partition coefficient (Wildman–Crippen LogP) is 1.45. The Morgan fingerprint density at radius 2 is 2.21 bits per heavy atom. The number of carbonyl (C=O) groups excluding carboxylic acids is 1. The number of hydrogen-bond donors (Lipinski definition) is 2. The standard InChI is InChI=1S/C13H20N4O2/c1-2-5-14-13(18)16-11-3-4-12(15-10-11)17-6-8-19-9-7-17/h3-4,10H,2,5-9H2,1H3,(H2,14,16,18). The summed E-state index contributed by atoms with van der Waals surface area (Å²) < 4.78 is 5.30. The van der Waals surface area contributed by atoms with Gasteiger partial charge in [-0.05, 0) is 18.6 Å². The fourth-order valence-electron chi connectivity index (χ4n) is 1.85. The van der Waals surface area contributed by atoms with E-state index in [4.69, 9.17) is 4.74 Å². The van der Waals surface area contributed by atoms with Crippen molar-refractivity contribution in [2.45, 2.75) is 13.3 Å². The fraction of sp³-hybridized carbons (Fsp3) is 0.538. The number of urea groups is 1. The third-order valence-corrected chi connectivity index (χ3v) is 2.88. The van der Waals surface area contributed by atoms with Crippen LogP contribution in [0.1, 0.15) is 13.3 Å². The van der Waals surface area contributed by atoms with Gasteiger partial charge >= 0.3 is 6.03 Å². The van der Waals surface area contributed by atoms with Crippen molar-refractivity contribution in [2.24, 2.45) is 0 Å². The summed E-state index contributed by atoms with van der Waals surface area (Å²) in [7, 11) is 0. The fourth-order valence-corrected chi connectivity index (χ4v) is 1.85. The van der Waals surface area contributed by atoms with Crippen LogP contribution >= 0.6 is 0 Å². The van der Waals surface area contributed by atoms with Gasteiger partial charge in [0.1, 0.15) is 5.82 Å². The van der Waals surface area contributed by atoms with Crippen LogP contribution < -0.4 is 15.5 Å². The molecule has 19 heavy (non-hydrogen) atoms. The molecule has 2 amide bonds. The molecule has 104 valence electrons. The number of carbonyl (C=O) groups is 1. The Morgan fingerprint density at radius 3 is 2.84 bits per heavy atom. The summed E-state index contributed by atoms with van der Waals surface area (Å²) in [5.41, 5.74) is 0.700. The van der Waals surface area contributed by atoms with Crippen molar-refractivity contribution in [3.05, 3.63) is 18.3 Å². The molecule has 0 spiro atoms. The van der Waals surface area contributed by atoms with E-state index in [9.17, 15) is 4.79 Å². The minimum atomic E-state index is -0.192. The van der Waals surface area contributed by atoms with E-state index in [-0.39, 0.29) is 6.03 Å². The van der Waals surface area contributed by atoms with Crippen molar-refractivity contribution >= 4 is 17.5 Å². The minimum absolute atomic E-state index is 0.192. The maximum absolute atomic E-state index is 11.5. The van der Waals surface area contributed by atoms with Gasteiger partial charge in [0, 0.05) is 19.6 Å². The quantitative estimate of drug-likeness (QED) is 0.864. The first kappa shape index (κ1) is 13.6. The van der Waals surface area contributed by atoms with Crippen molar-refractivity contribution in [3.63, 3.8) is 0 Å². The lowest BCUT2D eigenvalue weighted by Gasteiger charge is -2.27. The third kappa shape index (κ3) is 4.10. The van der Waals surface area contributed by atoms with Crippen LogP contribution in [-0.2, 0) is 4.74 Å². The molecule has 1 aromatic rings. The first-order valence-electron chi connectivity index (χ1n) is 6.63. The molecule has 1 fully saturated rings. The molecule has 1 saturated heterocycles. The van der Waals surface area contributed by atoms with Crippen LogP contribution in [0.25, 0.3) is 0 Å². The Labute approximate surface area is 113 Å². The topological polar surface area (TPSA) is 66.5 Å². The molecule has 6 heteroatoms. The molecule has 0 bridgehead atoms. The molecular weight excluding hydrogens is 244 g/mol. The maximum Gasteiger partial charge on any atom is 0.319 e. The zero-order chi connectivity index (χ0) is 13.5. The van der Waals surface area contributed by atoms with E-state index in [0.717, 1.165) is 38.5 Å². The second kappa shape index (κ2) is 6.94. The average molecular weight is 264 g/mol. The highest BCUT2D eigenvalue weighted by Crippen LogP contribution is 2.15. The van der Waals surface area contributed by atoms with Crippen LogP contribution in [0.15, 0.2) is 18.3 Å². The molecule has 0 radical (unpaired) electrons. The van der Waals surface area contributed by atoms with Crippen molar-refractivity contribution in [1.29, 1.82) is 0 Å². The molecular formula is C13H20N4O2. The van der Waals surface area contributed by atoms with Crippen LogP contribution in [0.5, 0.6) is 0 Å². The van der Waals surface area contributed by atoms with Crippen LogP contribution in [0.4, 0.5) is 16.3 Å². The van der Waals surface area contributed by atoms with Crippen molar-refractivity contribution in [1.82, 2.24) is 10.3 Å². The van der Waals surface area contributed by atoms with Crippen molar-refractivity contribution in [2.75, 3.05) is 43.1 Å². The normalized spacial score (nSPS) is 15.1. The Morgan fingerprint density at radius 1 is 1.42 bits per heavy atom. The van der Waals surface area contributed by atoms with E-state index in [2.05, 4.69) is 20.5 Å². The highest BCUT2D eigenvalue weighted by atomic mass is 16.5. The van der Waals surface area contributed by atoms with Gasteiger partial charge in [0.15, 0.2) is 0 Å². The van der Waals surface area contributed by atoms with E-state index in [0.29, 0.717) is 12.2 Å². The molecule has 1 aliphatic heterocycles. The zero-order valence-electron chi connectivity index (χ0n) is 11.2. The smallest absolute Gasteiger partial charge is 0.319 e. The first-order valence-corrected chi connectivity index (χ1v) is 6.63. The SMILES string of the molecule is CCCNC(=O)Nc1ccc(N2CCOCC2)nc1. The van der Waals surface area contributed by atoms with E-state index in [1.165, 1.54) is 0 Å². The molecule has 0 aromatic carbocycles. The van der Waals surface area contributed by atoms with Crippen molar-refractivity contribution in [3.8, 4) is 0 Å². The molecule has 2 rings (SSSR count). The molecule has 6 nitrogen and oxygen atoms in total. The molecule has 1 aliphatic rings.